The zero-order chi connectivity index (χ0) is 9.26. The van der Waals surface area contributed by atoms with Crippen LogP contribution in [0.3, 0.4) is 0 Å². The van der Waals surface area contributed by atoms with Crippen LogP contribution in [0.1, 0.15) is 32.1 Å². The van der Waals surface area contributed by atoms with Crippen LogP contribution >= 0.6 is 0 Å². The number of hydrogen-bond acceptors (Lipinski definition) is 1. The van der Waals surface area contributed by atoms with E-state index in [-0.39, 0.29) is 0 Å². The van der Waals surface area contributed by atoms with Gasteiger partial charge in [0, 0.05) is 12.0 Å². The van der Waals surface area contributed by atoms with Crippen LogP contribution in [0.25, 0.3) is 0 Å². The molecule has 0 N–H and O–H groups in total. The summed E-state index contributed by atoms with van der Waals surface area (Å²) in [5.41, 5.74) is 0. The zero-order valence-electron chi connectivity index (χ0n) is 8.50. The van der Waals surface area contributed by atoms with Gasteiger partial charge in [-0.1, -0.05) is 12.8 Å². The Kier molecular flexibility index (Phi) is 2.60. The van der Waals surface area contributed by atoms with E-state index < -0.39 is 0 Å². The minimum absolute atomic E-state index is 0.571. The third-order valence-electron chi connectivity index (χ3n) is 3.87. The lowest BCUT2D eigenvalue weighted by atomic mass is 9.72. The predicted molar refractivity (Wildman–Crippen MR) is 55.3 cm³/mol. The number of likely N-dealkylation sites (tertiary alicyclic amines) is 1. The fourth-order valence-electron chi connectivity index (χ4n) is 3.09. The first kappa shape index (κ1) is 9.09. The number of fused-ring (bicyclic) bond motifs is 1. The topological polar surface area (TPSA) is 3.24 Å². The molecule has 2 aliphatic rings. The van der Waals surface area contributed by atoms with E-state index in [1.165, 1.54) is 38.6 Å². The average Bonchev–Trinajstić information content (AvgIpc) is 2.19. The molecule has 1 saturated carbocycles. The molecule has 3 atom stereocenters. The molecule has 72 valence electrons. The Morgan fingerprint density at radius 2 is 2.00 bits per heavy atom. The molecule has 0 aromatic heterocycles. The molecule has 1 aliphatic carbocycles. The van der Waals surface area contributed by atoms with Gasteiger partial charge in [-0.3, -0.25) is 0 Å². The van der Waals surface area contributed by atoms with Crippen LogP contribution in [0, 0.1) is 24.2 Å². The Balaban J connectivity index is 2.10. The summed E-state index contributed by atoms with van der Waals surface area (Å²) in [5.74, 6) is 4.37. The number of terminal acetylenes is 1. The number of piperidine rings is 1. The Morgan fingerprint density at radius 3 is 2.77 bits per heavy atom. The average molecular weight is 177 g/mol. The molecular formula is C12H19N. The summed E-state index contributed by atoms with van der Waals surface area (Å²) in [6, 6.07) is 0.795. The van der Waals surface area contributed by atoms with E-state index in [9.17, 15) is 0 Å². The van der Waals surface area contributed by atoms with E-state index in [0.717, 1.165) is 12.0 Å². The van der Waals surface area contributed by atoms with Gasteiger partial charge in [0.25, 0.3) is 0 Å². The molecule has 1 aliphatic heterocycles. The van der Waals surface area contributed by atoms with Gasteiger partial charge in [-0.05, 0) is 38.8 Å². The van der Waals surface area contributed by atoms with Gasteiger partial charge < -0.3 is 4.90 Å². The lowest BCUT2D eigenvalue weighted by molar-refractivity contribution is 0.0586. The minimum Gasteiger partial charge on any atom is -0.303 e. The Hall–Kier alpha value is -0.480. The summed E-state index contributed by atoms with van der Waals surface area (Å²) in [7, 11) is 2.26. The summed E-state index contributed by atoms with van der Waals surface area (Å²) in [4.78, 5) is 2.53. The van der Waals surface area contributed by atoms with Crippen molar-refractivity contribution in [3.05, 3.63) is 0 Å². The zero-order valence-corrected chi connectivity index (χ0v) is 8.50. The highest BCUT2D eigenvalue weighted by atomic mass is 15.1. The van der Waals surface area contributed by atoms with Crippen molar-refractivity contribution < 1.29 is 0 Å². The van der Waals surface area contributed by atoms with E-state index in [4.69, 9.17) is 6.42 Å². The standard InChI is InChI=1S/C12H19N/c1-3-10-8-9-13(2)12-7-5-4-6-11(10)12/h1,10-12H,4-9H2,2H3. The number of hydrogen-bond donors (Lipinski definition) is 0. The van der Waals surface area contributed by atoms with Gasteiger partial charge in [-0.15, -0.1) is 12.3 Å². The minimum atomic E-state index is 0.571. The molecule has 3 unspecified atom stereocenters. The van der Waals surface area contributed by atoms with E-state index >= 15 is 0 Å². The van der Waals surface area contributed by atoms with E-state index in [0.29, 0.717) is 5.92 Å². The SMILES string of the molecule is C#CC1CCN(C)C2CCCCC12. The number of rotatable bonds is 0. The highest BCUT2D eigenvalue weighted by molar-refractivity contribution is 5.03. The van der Waals surface area contributed by atoms with Crippen LogP contribution in [-0.2, 0) is 0 Å². The molecule has 0 radical (unpaired) electrons. The van der Waals surface area contributed by atoms with Gasteiger partial charge in [0.05, 0.1) is 0 Å². The van der Waals surface area contributed by atoms with Gasteiger partial charge in [-0.25, -0.2) is 0 Å². The molecule has 1 heteroatoms. The molecular weight excluding hydrogens is 158 g/mol. The van der Waals surface area contributed by atoms with Crippen LogP contribution in [0.4, 0.5) is 0 Å². The molecule has 1 saturated heterocycles. The Morgan fingerprint density at radius 1 is 1.23 bits per heavy atom. The van der Waals surface area contributed by atoms with Gasteiger partial charge in [0.1, 0.15) is 0 Å². The molecule has 0 amide bonds. The molecule has 1 nitrogen and oxygen atoms in total. The first-order valence-corrected chi connectivity index (χ1v) is 5.49. The molecule has 0 aromatic rings. The Bertz CT molecular complexity index is 216. The van der Waals surface area contributed by atoms with E-state index in [1.54, 1.807) is 0 Å². The second-order valence-corrected chi connectivity index (χ2v) is 4.56. The number of nitrogens with zero attached hydrogens (tertiary/aromatic N) is 1. The van der Waals surface area contributed by atoms with Gasteiger partial charge >= 0.3 is 0 Å². The first-order valence-electron chi connectivity index (χ1n) is 5.49. The highest BCUT2D eigenvalue weighted by Crippen LogP contribution is 2.37. The summed E-state index contributed by atoms with van der Waals surface area (Å²) < 4.78 is 0. The summed E-state index contributed by atoms with van der Waals surface area (Å²) >= 11 is 0. The van der Waals surface area contributed by atoms with Crippen LogP contribution < -0.4 is 0 Å². The van der Waals surface area contributed by atoms with Crippen LogP contribution in [-0.4, -0.2) is 24.5 Å². The maximum atomic E-state index is 5.59. The van der Waals surface area contributed by atoms with Gasteiger partial charge in [0.15, 0.2) is 0 Å². The van der Waals surface area contributed by atoms with Crippen molar-refractivity contribution in [1.82, 2.24) is 4.90 Å². The van der Waals surface area contributed by atoms with E-state index in [1.807, 2.05) is 0 Å². The predicted octanol–water partition coefficient (Wildman–Crippen LogP) is 2.13. The molecule has 0 bridgehead atoms. The smallest absolute Gasteiger partial charge is 0.0255 e. The lowest BCUT2D eigenvalue weighted by Crippen LogP contribution is -2.48. The lowest BCUT2D eigenvalue weighted by Gasteiger charge is -2.45. The summed E-state index contributed by atoms with van der Waals surface area (Å²) in [6.07, 6.45) is 12.3. The maximum absolute atomic E-state index is 5.59. The van der Waals surface area contributed by atoms with Crippen LogP contribution in [0.2, 0.25) is 0 Å². The van der Waals surface area contributed by atoms with Gasteiger partial charge in [-0.2, -0.15) is 0 Å². The molecule has 0 aromatic carbocycles. The Labute approximate surface area is 81.5 Å². The molecule has 1 heterocycles. The van der Waals surface area contributed by atoms with Crippen molar-refractivity contribution in [3.8, 4) is 12.3 Å². The van der Waals surface area contributed by atoms with Crippen molar-refractivity contribution in [3.63, 3.8) is 0 Å². The third kappa shape index (κ3) is 1.60. The highest BCUT2D eigenvalue weighted by Gasteiger charge is 2.36. The van der Waals surface area contributed by atoms with Gasteiger partial charge in [0.2, 0.25) is 0 Å². The van der Waals surface area contributed by atoms with Crippen LogP contribution in [0.15, 0.2) is 0 Å². The monoisotopic (exact) mass is 177 g/mol. The van der Waals surface area contributed by atoms with Crippen molar-refractivity contribution in [2.24, 2.45) is 11.8 Å². The van der Waals surface area contributed by atoms with Crippen molar-refractivity contribution in [1.29, 1.82) is 0 Å². The molecule has 2 rings (SSSR count). The molecule has 0 spiro atoms. The van der Waals surface area contributed by atoms with Crippen molar-refractivity contribution >= 4 is 0 Å². The van der Waals surface area contributed by atoms with Crippen molar-refractivity contribution in [2.45, 2.75) is 38.1 Å². The molecule has 13 heavy (non-hydrogen) atoms. The third-order valence-corrected chi connectivity index (χ3v) is 3.87. The summed E-state index contributed by atoms with van der Waals surface area (Å²) in [6.45, 7) is 1.20. The second-order valence-electron chi connectivity index (χ2n) is 4.56. The second kappa shape index (κ2) is 3.72. The molecule has 2 fully saturated rings. The fraction of sp³-hybridized carbons (Fsp3) is 0.833. The van der Waals surface area contributed by atoms with Crippen molar-refractivity contribution in [2.75, 3.05) is 13.6 Å². The normalized spacial score (nSPS) is 40.8. The first-order chi connectivity index (χ1) is 6.33. The van der Waals surface area contributed by atoms with E-state index in [2.05, 4.69) is 17.9 Å². The van der Waals surface area contributed by atoms with Crippen LogP contribution in [0.5, 0.6) is 0 Å². The fourth-order valence-corrected chi connectivity index (χ4v) is 3.09. The maximum Gasteiger partial charge on any atom is 0.0255 e. The quantitative estimate of drug-likeness (QED) is 0.512. The summed E-state index contributed by atoms with van der Waals surface area (Å²) in [5, 5.41) is 0. The largest absolute Gasteiger partial charge is 0.303 e.